The van der Waals surface area contributed by atoms with Crippen LogP contribution in [-0.4, -0.2) is 34.0 Å². The van der Waals surface area contributed by atoms with E-state index in [0.717, 1.165) is 15.6 Å². The second-order valence-corrected chi connectivity index (χ2v) is 10.6. The minimum Gasteiger partial charge on any atom is -0.495 e. The first-order valence-corrected chi connectivity index (χ1v) is 13.9. The average molecular weight is 597 g/mol. The molecule has 0 aliphatic carbocycles. The molecular formula is C33H30BrN3O3. The number of ether oxygens (including phenoxy) is 1. The van der Waals surface area contributed by atoms with Crippen molar-refractivity contribution in [3.8, 4) is 11.4 Å². The lowest BCUT2D eigenvalue weighted by molar-refractivity contribution is 0.0683. The van der Waals surface area contributed by atoms with Gasteiger partial charge in [0.15, 0.2) is 0 Å². The number of fused-ring (bicyclic) bond motifs is 1. The molecule has 0 radical (unpaired) electrons. The number of aromatic nitrogens is 2. The van der Waals surface area contributed by atoms with Crippen molar-refractivity contribution in [3.63, 3.8) is 0 Å². The molecule has 202 valence electrons. The largest absolute Gasteiger partial charge is 0.495 e. The van der Waals surface area contributed by atoms with E-state index in [1.165, 1.54) is 0 Å². The Bertz CT molecular complexity index is 1730. The molecule has 7 heteroatoms. The van der Waals surface area contributed by atoms with Crippen LogP contribution in [0.4, 0.5) is 0 Å². The molecule has 1 atom stereocenters. The zero-order valence-electron chi connectivity index (χ0n) is 22.7. The fourth-order valence-electron chi connectivity index (χ4n) is 4.93. The third kappa shape index (κ3) is 5.56. The summed E-state index contributed by atoms with van der Waals surface area (Å²) in [4.78, 5) is 34.9. The predicted molar refractivity (Wildman–Crippen MR) is 162 cm³/mol. The summed E-state index contributed by atoms with van der Waals surface area (Å²) in [5, 5.41) is 0.496. The van der Waals surface area contributed by atoms with E-state index in [2.05, 4.69) is 15.9 Å². The van der Waals surface area contributed by atoms with Crippen LogP contribution in [0.15, 0.2) is 106 Å². The molecule has 5 rings (SSSR count). The molecule has 1 aromatic heterocycles. The molecule has 0 saturated carbocycles. The highest BCUT2D eigenvalue weighted by Gasteiger charge is 2.28. The van der Waals surface area contributed by atoms with E-state index >= 15 is 0 Å². The van der Waals surface area contributed by atoms with Crippen molar-refractivity contribution in [2.45, 2.75) is 26.3 Å². The smallest absolute Gasteiger partial charge is 0.266 e. The fourth-order valence-corrected chi connectivity index (χ4v) is 5.33. The Labute approximate surface area is 242 Å². The van der Waals surface area contributed by atoms with Crippen LogP contribution in [0.25, 0.3) is 16.6 Å². The fraction of sp³-hybridized carbons (Fsp3) is 0.182. The lowest BCUT2D eigenvalue weighted by Gasteiger charge is -2.31. The van der Waals surface area contributed by atoms with Crippen LogP contribution in [0.1, 0.15) is 40.3 Å². The topological polar surface area (TPSA) is 64.4 Å². The molecule has 1 heterocycles. The summed E-state index contributed by atoms with van der Waals surface area (Å²) < 4.78 is 8.10. The van der Waals surface area contributed by atoms with E-state index in [-0.39, 0.29) is 11.5 Å². The Morgan fingerprint density at radius 1 is 0.975 bits per heavy atom. The van der Waals surface area contributed by atoms with E-state index in [4.69, 9.17) is 9.72 Å². The molecule has 0 N–H and O–H groups in total. The number of rotatable bonds is 8. The van der Waals surface area contributed by atoms with Gasteiger partial charge in [-0.25, -0.2) is 4.98 Å². The molecule has 0 spiro atoms. The van der Waals surface area contributed by atoms with E-state index in [1.54, 1.807) is 28.7 Å². The number of nitrogens with zero attached hydrogens (tertiary/aromatic N) is 3. The summed E-state index contributed by atoms with van der Waals surface area (Å²) in [6, 6.07) is 29.9. The molecule has 0 bridgehead atoms. The van der Waals surface area contributed by atoms with Gasteiger partial charge in [0, 0.05) is 16.6 Å². The minimum atomic E-state index is -0.544. The zero-order chi connectivity index (χ0) is 28.2. The SMILES string of the molecule is COc1ccc(C)cc1-n1c(C(C)N(CCc2ccccc2)C(=O)c2cccc(Br)c2)nc2ccccc2c1=O. The lowest BCUT2D eigenvalue weighted by atomic mass is 10.1. The highest BCUT2D eigenvalue weighted by molar-refractivity contribution is 9.10. The van der Waals surface area contributed by atoms with Crippen molar-refractivity contribution in [2.75, 3.05) is 13.7 Å². The monoisotopic (exact) mass is 595 g/mol. The van der Waals surface area contributed by atoms with Crippen molar-refractivity contribution in [2.24, 2.45) is 0 Å². The molecule has 5 aromatic rings. The zero-order valence-corrected chi connectivity index (χ0v) is 24.3. The Hall–Kier alpha value is -4.23. The first-order valence-electron chi connectivity index (χ1n) is 13.1. The van der Waals surface area contributed by atoms with Gasteiger partial charge in [-0.15, -0.1) is 0 Å². The first kappa shape index (κ1) is 27.3. The van der Waals surface area contributed by atoms with Crippen molar-refractivity contribution >= 4 is 32.7 Å². The number of aryl methyl sites for hydroxylation is 1. The van der Waals surface area contributed by atoms with Gasteiger partial charge < -0.3 is 9.64 Å². The van der Waals surface area contributed by atoms with Crippen LogP contribution in [0.5, 0.6) is 5.75 Å². The van der Waals surface area contributed by atoms with E-state index in [0.29, 0.717) is 46.7 Å². The highest BCUT2D eigenvalue weighted by Crippen LogP contribution is 2.30. The summed E-state index contributed by atoms with van der Waals surface area (Å²) in [5.41, 5.74) is 3.60. The molecule has 0 aliphatic rings. The van der Waals surface area contributed by atoms with Gasteiger partial charge >= 0.3 is 0 Å². The van der Waals surface area contributed by atoms with Crippen LogP contribution in [0.3, 0.4) is 0 Å². The van der Waals surface area contributed by atoms with Gasteiger partial charge in [0.05, 0.1) is 29.7 Å². The molecule has 6 nitrogen and oxygen atoms in total. The average Bonchev–Trinajstić information content (AvgIpc) is 2.97. The maximum absolute atomic E-state index is 14.1. The van der Waals surface area contributed by atoms with Crippen molar-refractivity contribution < 1.29 is 9.53 Å². The molecule has 40 heavy (non-hydrogen) atoms. The Morgan fingerprint density at radius 2 is 1.73 bits per heavy atom. The normalized spacial score (nSPS) is 11.8. The maximum atomic E-state index is 14.1. The van der Waals surface area contributed by atoms with Gasteiger partial charge in [-0.3, -0.25) is 14.2 Å². The van der Waals surface area contributed by atoms with Crippen LogP contribution < -0.4 is 10.3 Å². The summed E-state index contributed by atoms with van der Waals surface area (Å²) in [6.45, 7) is 4.33. The third-order valence-electron chi connectivity index (χ3n) is 7.03. The highest BCUT2D eigenvalue weighted by atomic mass is 79.9. The van der Waals surface area contributed by atoms with Crippen LogP contribution in [0, 0.1) is 6.92 Å². The van der Waals surface area contributed by atoms with Crippen molar-refractivity contribution in [1.82, 2.24) is 14.5 Å². The van der Waals surface area contributed by atoms with E-state index in [9.17, 15) is 9.59 Å². The number of carbonyl (C=O) groups excluding carboxylic acids is 1. The molecule has 1 amide bonds. The van der Waals surface area contributed by atoms with Gasteiger partial charge in [0.25, 0.3) is 11.5 Å². The van der Waals surface area contributed by atoms with Gasteiger partial charge in [-0.1, -0.05) is 70.5 Å². The molecule has 0 aliphatic heterocycles. The molecule has 4 aromatic carbocycles. The van der Waals surface area contributed by atoms with Gasteiger partial charge in [0.1, 0.15) is 11.6 Å². The molecule has 0 fully saturated rings. The van der Waals surface area contributed by atoms with E-state index in [1.807, 2.05) is 98.8 Å². The van der Waals surface area contributed by atoms with Crippen LogP contribution in [0.2, 0.25) is 0 Å². The van der Waals surface area contributed by atoms with Crippen LogP contribution in [-0.2, 0) is 6.42 Å². The Balaban J connectivity index is 1.70. The lowest BCUT2D eigenvalue weighted by Crippen LogP contribution is -2.38. The summed E-state index contributed by atoms with van der Waals surface area (Å²) in [5.74, 6) is 0.867. The number of halogens is 1. The van der Waals surface area contributed by atoms with Crippen molar-refractivity contribution in [3.05, 3.63) is 134 Å². The Morgan fingerprint density at radius 3 is 2.48 bits per heavy atom. The quantitative estimate of drug-likeness (QED) is 0.195. The Kier molecular flexibility index (Phi) is 8.12. The molecule has 1 unspecified atom stereocenters. The standard InChI is InChI=1S/C33H30BrN3O3/c1-22-16-17-30(40-3)29(20-22)37-31(35-28-15-8-7-14-27(28)33(37)39)23(2)36(19-18-24-10-5-4-6-11-24)32(38)25-12-9-13-26(34)21-25/h4-17,20-21,23H,18-19H2,1-3H3. The number of amides is 1. The van der Waals surface area contributed by atoms with E-state index < -0.39 is 6.04 Å². The summed E-state index contributed by atoms with van der Waals surface area (Å²) in [7, 11) is 1.58. The number of methoxy groups -OCH3 is 1. The van der Waals surface area contributed by atoms with Crippen LogP contribution >= 0.6 is 15.9 Å². The molecular weight excluding hydrogens is 566 g/mol. The molecule has 0 saturated heterocycles. The second-order valence-electron chi connectivity index (χ2n) is 9.72. The number of para-hydroxylation sites is 1. The number of hydrogen-bond donors (Lipinski definition) is 0. The van der Waals surface area contributed by atoms with Gasteiger partial charge in [0.2, 0.25) is 0 Å². The van der Waals surface area contributed by atoms with Gasteiger partial charge in [-0.2, -0.15) is 0 Å². The minimum absolute atomic E-state index is 0.144. The summed E-state index contributed by atoms with van der Waals surface area (Å²) in [6.07, 6.45) is 0.649. The van der Waals surface area contributed by atoms with Gasteiger partial charge in [-0.05, 0) is 73.9 Å². The van der Waals surface area contributed by atoms with Crippen molar-refractivity contribution in [1.29, 1.82) is 0 Å². The number of hydrogen-bond acceptors (Lipinski definition) is 4. The summed E-state index contributed by atoms with van der Waals surface area (Å²) >= 11 is 3.50. The number of carbonyl (C=O) groups is 1. The first-order chi connectivity index (χ1) is 19.4. The second kappa shape index (κ2) is 11.9. The third-order valence-corrected chi connectivity index (χ3v) is 7.53. The predicted octanol–water partition coefficient (Wildman–Crippen LogP) is 6.91. The maximum Gasteiger partial charge on any atom is 0.266 e. The number of benzene rings is 4.